The van der Waals surface area contributed by atoms with E-state index in [0.29, 0.717) is 19.5 Å². The molecule has 122 valence electrons. The lowest BCUT2D eigenvalue weighted by Crippen LogP contribution is -2.28. The Labute approximate surface area is 141 Å². The highest BCUT2D eigenvalue weighted by Gasteiger charge is 2.07. The second kappa shape index (κ2) is 7.55. The zero-order valence-corrected chi connectivity index (χ0v) is 13.6. The average molecular weight is 320 g/mol. The van der Waals surface area contributed by atoms with Crippen molar-refractivity contribution in [1.29, 1.82) is 0 Å². The maximum Gasteiger partial charge on any atom is 0.224 e. The fraction of sp³-hybridized carbons (Fsp3) is 0.211. The van der Waals surface area contributed by atoms with Crippen LogP contribution in [0.25, 0.3) is 11.5 Å². The molecule has 0 unspecified atom stereocenters. The van der Waals surface area contributed by atoms with Gasteiger partial charge >= 0.3 is 0 Å². The first-order valence-electron chi connectivity index (χ1n) is 7.97. The number of amides is 1. The van der Waals surface area contributed by atoms with Gasteiger partial charge in [0.15, 0.2) is 5.82 Å². The maximum absolute atomic E-state index is 12.1. The Balaban J connectivity index is 1.54. The van der Waals surface area contributed by atoms with E-state index in [0.717, 1.165) is 17.1 Å². The number of aromatic nitrogens is 3. The van der Waals surface area contributed by atoms with E-state index in [-0.39, 0.29) is 5.91 Å². The topological polar surface area (TPSA) is 59.8 Å². The van der Waals surface area contributed by atoms with E-state index < -0.39 is 0 Å². The summed E-state index contributed by atoms with van der Waals surface area (Å²) in [6, 6.07) is 13.8. The van der Waals surface area contributed by atoms with Crippen molar-refractivity contribution in [3.63, 3.8) is 0 Å². The Kier molecular flexibility index (Phi) is 5.01. The second-order valence-corrected chi connectivity index (χ2v) is 5.68. The number of hydrogen-bond acceptors (Lipinski definition) is 3. The summed E-state index contributed by atoms with van der Waals surface area (Å²) in [5, 5.41) is 2.96. The van der Waals surface area contributed by atoms with Crippen LogP contribution in [0.4, 0.5) is 0 Å². The monoisotopic (exact) mass is 320 g/mol. The van der Waals surface area contributed by atoms with E-state index in [1.807, 2.05) is 60.2 Å². The molecule has 0 radical (unpaired) electrons. The first-order valence-corrected chi connectivity index (χ1v) is 7.97. The van der Waals surface area contributed by atoms with E-state index in [4.69, 9.17) is 0 Å². The van der Waals surface area contributed by atoms with Gasteiger partial charge in [0.25, 0.3) is 0 Å². The number of benzene rings is 1. The van der Waals surface area contributed by atoms with Gasteiger partial charge in [0, 0.05) is 31.7 Å². The molecule has 5 nitrogen and oxygen atoms in total. The lowest BCUT2D eigenvalue weighted by Gasteiger charge is -2.09. The zero-order valence-electron chi connectivity index (χ0n) is 13.6. The number of nitrogens with one attached hydrogen (secondary N) is 1. The van der Waals surface area contributed by atoms with Crippen molar-refractivity contribution in [2.45, 2.75) is 19.9 Å². The Morgan fingerprint density at radius 3 is 2.83 bits per heavy atom. The van der Waals surface area contributed by atoms with Crippen molar-refractivity contribution in [3.8, 4) is 11.5 Å². The molecule has 0 atom stereocenters. The minimum absolute atomic E-state index is 0.0279. The van der Waals surface area contributed by atoms with Crippen molar-refractivity contribution in [2.24, 2.45) is 0 Å². The van der Waals surface area contributed by atoms with Crippen molar-refractivity contribution < 1.29 is 4.79 Å². The molecule has 1 amide bonds. The van der Waals surface area contributed by atoms with Crippen molar-refractivity contribution in [2.75, 3.05) is 6.54 Å². The summed E-state index contributed by atoms with van der Waals surface area (Å²) in [5.41, 5.74) is 3.02. The van der Waals surface area contributed by atoms with Gasteiger partial charge in [-0.1, -0.05) is 35.9 Å². The molecule has 1 aromatic carbocycles. The minimum Gasteiger partial charge on any atom is -0.354 e. The molecule has 0 bridgehead atoms. The van der Waals surface area contributed by atoms with Crippen molar-refractivity contribution in [3.05, 3.63) is 72.2 Å². The lowest BCUT2D eigenvalue weighted by molar-refractivity contribution is -0.120. The quantitative estimate of drug-likeness (QED) is 0.759. The third-order valence-electron chi connectivity index (χ3n) is 3.73. The molecule has 3 rings (SSSR count). The fourth-order valence-electron chi connectivity index (χ4n) is 2.60. The zero-order chi connectivity index (χ0) is 16.8. The predicted molar refractivity (Wildman–Crippen MR) is 93.4 cm³/mol. The molecule has 2 heterocycles. The van der Waals surface area contributed by atoms with Crippen LogP contribution in [0.2, 0.25) is 0 Å². The second-order valence-electron chi connectivity index (χ2n) is 5.68. The molecule has 0 aliphatic rings. The molecule has 0 aliphatic heterocycles. The number of carbonyl (C=O) groups is 1. The predicted octanol–water partition coefficient (Wildman–Crippen LogP) is 2.61. The normalized spacial score (nSPS) is 10.5. The minimum atomic E-state index is 0.0279. The van der Waals surface area contributed by atoms with Gasteiger partial charge in [0.1, 0.15) is 5.69 Å². The lowest BCUT2D eigenvalue weighted by atomic mass is 10.1. The summed E-state index contributed by atoms with van der Waals surface area (Å²) in [7, 11) is 0. The van der Waals surface area contributed by atoms with E-state index >= 15 is 0 Å². The van der Waals surface area contributed by atoms with Gasteiger partial charge in [-0.15, -0.1) is 0 Å². The summed E-state index contributed by atoms with van der Waals surface area (Å²) >= 11 is 0. The molecule has 24 heavy (non-hydrogen) atoms. The number of carbonyl (C=O) groups excluding carboxylic acids is 1. The SMILES string of the molecule is Cc1cccc(CC(=O)NCCn2ccnc2-c2ccccn2)c1. The average Bonchev–Trinajstić information content (AvgIpc) is 3.04. The third-order valence-corrected chi connectivity index (χ3v) is 3.73. The highest BCUT2D eigenvalue weighted by atomic mass is 16.1. The van der Waals surface area contributed by atoms with E-state index in [1.54, 1.807) is 12.4 Å². The standard InChI is InChI=1S/C19H20N4O/c1-15-5-4-6-16(13-15)14-18(24)21-9-11-23-12-10-22-19(23)17-7-2-3-8-20-17/h2-8,10,12-13H,9,11,14H2,1H3,(H,21,24). The molecule has 5 heteroatoms. The Morgan fingerprint density at radius 1 is 1.12 bits per heavy atom. The molecule has 0 spiro atoms. The highest BCUT2D eigenvalue weighted by molar-refractivity contribution is 5.78. The molecular formula is C19H20N4O. The third kappa shape index (κ3) is 4.07. The summed E-state index contributed by atoms with van der Waals surface area (Å²) in [5.74, 6) is 0.837. The summed E-state index contributed by atoms with van der Waals surface area (Å²) in [6.45, 7) is 3.24. The van der Waals surface area contributed by atoms with Crippen LogP contribution in [0.1, 0.15) is 11.1 Å². The van der Waals surface area contributed by atoms with Crippen LogP contribution in [-0.2, 0) is 17.8 Å². The van der Waals surface area contributed by atoms with Crippen LogP contribution in [0, 0.1) is 6.92 Å². The van der Waals surface area contributed by atoms with Gasteiger partial charge in [-0.3, -0.25) is 9.78 Å². The Hall–Kier alpha value is -2.95. The van der Waals surface area contributed by atoms with Crippen LogP contribution >= 0.6 is 0 Å². The van der Waals surface area contributed by atoms with E-state index in [9.17, 15) is 4.79 Å². The van der Waals surface area contributed by atoms with Crippen molar-refractivity contribution in [1.82, 2.24) is 19.9 Å². The van der Waals surface area contributed by atoms with Gasteiger partial charge in [0.2, 0.25) is 5.91 Å². The van der Waals surface area contributed by atoms with Gasteiger partial charge in [0.05, 0.1) is 6.42 Å². The smallest absolute Gasteiger partial charge is 0.224 e. The number of aryl methyl sites for hydroxylation is 1. The van der Waals surface area contributed by atoms with Crippen LogP contribution < -0.4 is 5.32 Å². The number of pyridine rings is 1. The number of imidazole rings is 1. The molecule has 1 N–H and O–H groups in total. The highest BCUT2D eigenvalue weighted by Crippen LogP contribution is 2.13. The fourth-order valence-corrected chi connectivity index (χ4v) is 2.60. The molecule has 3 aromatic rings. The van der Waals surface area contributed by atoms with Crippen molar-refractivity contribution >= 4 is 5.91 Å². The van der Waals surface area contributed by atoms with E-state index in [2.05, 4.69) is 15.3 Å². The molecular weight excluding hydrogens is 300 g/mol. The van der Waals surface area contributed by atoms with Crippen LogP contribution in [0.15, 0.2) is 61.1 Å². The van der Waals surface area contributed by atoms with Crippen LogP contribution in [0.5, 0.6) is 0 Å². The maximum atomic E-state index is 12.1. The Morgan fingerprint density at radius 2 is 2.04 bits per heavy atom. The van der Waals surface area contributed by atoms with Crippen LogP contribution in [-0.4, -0.2) is 27.0 Å². The molecule has 2 aromatic heterocycles. The van der Waals surface area contributed by atoms with Gasteiger partial charge < -0.3 is 9.88 Å². The molecule has 0 fully saturated rings. The first-order chi connectivity index (χ1) is 11.7. The first kappa shape index (κ1) is 15.9. The number of hydrogen-bond donors (Lipinski definition) is 1. The number of rotatable bonds is 6. The van der Waals surface area contributed by atoms with Gasteiger partial charge in [-0.05, 0) is 24.6 Å². The van der Waals surface area contributed by atoms with Gasteiger partial charge in [-0.2, -0.15) is 0 Å². The summed E-state index contributed by atoms with van der Waals surface area (Å²) < 4.78 is 2.00. The Bertz CT molecular complexity index is 811. The number of nitrogens with zero attached hydrogens (tertiary/aromatic N) is 3. The van der Waals surface area contributed by atoms with E-state index in [1.165, 1.54) is 5.56 Å². The molecule has 0 saturated carbocycles. The summed E-state index contributed by atoms with van der Waals surface area (Å²) in [4.78, 5) is 20.7. The summed E-state index contributed by atoms with van der Waals surface area (Å²) in [6.07, 6.45) is 5.80. The van der Waals surface area contributed by atoms with Crippen LogP contribution in [0.3, 0.4) is 0 Å². The largest absolute Gasteiger partial charge is 0.354 e. The van der Waals surface area contributed by atoms with Gasteiger partial charge in [-0.25, -0.2) is 4.98 Å². The molecule has 0 aliphatic carbocycles. The molecule has 0 saturated heterocycles.